The van der Waals surface area contributed by atoms with Crippen molar-refractivity contribution in [3.63, 3.8) is 0 Å². The summed E-state index contributed by atoms with van der Waals surface area (Å²) in [7, 11) is 0. The van der Waals surface area contributed by atoms with E-state index in [1.54, 1.807) is 30.2 Å². The van der Waals surface area contributed by atoms with Crippen molar-refractivity contribution in [2.75, 3.05) is 6.54 Å². The number of pyridine rings is 1. The Balaban J connectivity index is 2.23. The molecule has 0 aliphatic rings. The van der Waals surface area contributed by atoms with E-state index in [-0.39, 0.29) is 16.9 Å². The Morgan fingerprint density at radius 1 is 1.47 bits per heavy atom. The number of hydrogen-bond donors (Lipinski definition) is 1. The maximum absolute atomic E-state index is 12.3. The van der Waals surface area contributed by atoms with Crippen LogP contribution in [0.1, 0.15) is 28.7 Å². The number of hydrogen-bond acceptors (Lipinski definition) is 3. The highest BCUT2D eigenvalue weighted by Gasteiger charge is 2.18. The summed E-state index contributed by atoms with van der Waals surface area (Å²) in [5, 5.41) is 0. The average molecular weight is 260 g/mol. The zero-order chi connectivity index (χ0) is 13.8. The lowest BCUT2D eigenvalue weighted by Crippen LogP contribution is -2.33. The maximum Gasteiger partial charge on any atom is 0.259 e. The van der Waals surface area contributed by atoms with Crippen molar-refractivity contribution in [1.82, 2.24) is 9.88 Å². The van der Waals surface area contributed by atoms with Crippen LogP contribution in [0.4, 0.5) is 0 Å². The minimum Gasteiger partial charge on any atom is -0.467 e. The van der Waals surface area contributed by atoms with Gasteiger partial charge in [0.2, 0.25) is 0 Å². The van der Waals surface area contributed by atoms with Crippen molar-refractivity contribution in [3.8, 4) is 0 Å². The summed E-state index contributed by atoms with van der Waals surface area (Å²) >= 11 is 0. The Bertz CT molecular complexity index is 614. The van der Waals surface area contributed by atoms with Crippen molar-refractivity contribution in [1.29, 1.82) is 0 Å². The molecule has 0 radical (unpaired) electrons. The van der Waals surface area contributed by atoms with Gasteiger partial charge < -0.3 is 14.3 Å². The van der Waals surface area contributed by atoms with Gasteiger partial charge in [-0.15, -0.1) is 0 Å². The van der Waals surface area contributed by atoms with E-state index in [4.69, 9.17) is 4.42 Å². The SMILES string of the molecule is CCN(Cc1ccco1)C(=O)c1c[nH]c(C)cc1=O. The van der Waals surface area contributed by atoms with Gasteiger partial charge in [-0.05, 0) is 26.0 Å². The normalized spacial score (nSPS) is 10.4. The highest BCUT2D eigenvalue weighted by molar-refractivity contribution is 5.93. The predicted octanol–water partition coefficient (Wildman–Crippen LogP) is 1.94. The Morgan fingerprint density at radius 2 is 2.26 bits per heavy atom. The second-order valence-electron chi connectivity index (χ2n) is 4.29. The van der Waals surface area contributed by atoms with Gasteiger partial charge in [0.1, 0.15) is 11.3 Å². The van der Waals surface area contributed by atoms with Crippen LogP contribution < -0.4 is 5.43 Å². The van der Waals surface area contributed by atoms with E-state index in [2.05, 4.69) is 4.98 Å². The minimum atomic E-state index is -0.292. The second kappa shape index (κ2) is 5.56. The summed E-state index contributed by atoms with van der Waals surface area (Å²) < 4.78 is 5.22. The number of rotatable bonds is 4. The van der Waals surface area contributed by atoms with Crippen molar-refractivity contribution in [2.45, 2.75) is 20.4 Å². The Labute approximate surface area is 110 Å². The van der Waals surface area contributed by atoms with E-state index in [0.717, 1.165) is 5.69 Å². The summed E-state index contributed by atoms with van der Waals surface area (Å²) in [5.41, 5.74) is 0.619. The number of amides is 1. The van der Waals surface area contributed by atoms with E-state index >= 15 is 0 Å². The number of furan rings is 1. The fourth-order valence-corrected chi connectivity index (χ4v) is 1.83. The molecule has 0 fully saturated rings. The summed E-state index contributed by atoms with van der Waals surface area (Å²) in [6.45, 7) is 4.50. The Morgan fingerprint density at radius 3 is 2.84 bits per heavy atom. The van der Waals surface area contributed by atoms with Gasteiger partial charge in [0.05, 0.1) is 12.8 Å². The molecular formula is C14H16N2O3. The van der Waals surface area contributed by atoms with E-state index < -0.39 is 0 Å². The number of carbonyl (C=O) groups is 1. The smallest absolute Gasteiger partial charge is 0.259 e. The van der Waals surface area contributed by atoms with E-state index in [1.807, 2.05) is 6.92 Å². The number of H-pyrrole nitrogens is 1. The zero-order valence-corrected chi connectivity index (χ0v) is 11.0. The molecule has 2 rings (SSSR count). The molecule has 0 saturated carbocycles. The predicted molar refractivity (Wildman–Crippen MR) is 70.9 cm³/mol. The summed E-state index contributed by atoms with van der Waals surface area (Å²) in [6, 6.07) is 5.00. The molecule has 0 aliphatic heterocycles. The third-order valence-electron chi connectivity index (χ3n) is 2.88. The van der Waals surface area contributed by atoms with Crippen molar-refractivity contribution in [3.05, 3.63) is 57.9 Å². The van der Waals surface area contributed by atoms with Gasteiger partial charge in [-0.2, -0.15) is 0 Å². The maximum atomic E-state index is 12.3. The molecule has 5 heteroatoms. The van der Waals surface area contributed by atoms with Crippen LogP contribution in [0.2, 0.25) is 0 Å². The zero-order valence-electron chi connectivity index (χ0n) is 11.0. The van der Waals surface area contributed by atoms with Crippen molar-refractivity contribution < 1.29 is 9.21 Å². The minimum absolute atomic E-state index is 0.152. The highest BCUT2D eigenvalue weighted by Crippen LogP contribution is 2.08. The van der Waals surface area contributed by atoms with Gasteiger partial charge in [0.25, 0.3) is 5.91 Å². The molecule has 2 aromatic heterocycles. The quantitative estimate of drug-likeness (QED) is 0.913. The van der Waals surface area contributed by atoms with Crippen LogP contribution in [0, 0.1) is 6.92 Å². The molecule has 2 aromatic rings. The number of aromatic amines is 1. The van der Waals surface area contributed by atoms with Crippen molar-refractivity contribution in [2.24, 2.45) is 0 Å². The van der Waals surface area contributed by atoms with Crippen LogP contribution in [-0.2, 0) is 6.54 Å². The fourth-order valence-electron chi connectivity index (χ4n) is 1.83. The largest absolute Gasteiger partial charge is 0.467 e. The average Bonchev–Trinajstić information content (AvgIpc) is 2.88. The van der Waals surface area contributed by atoms with Crippen LogP contribution in [0.3, 0.4) is 0 Å². The molecule has 0 aliphatic carbocycles. The molecule has 5 nitrogen and oxygen atoms in total. The highest BCUT2D eigenvalue weighted by atomic mass is 16.3. The molecule has 0 saturated heterocycles. The van der Waals surface area contributed by atoms with Gasteiger partial charge >= 0.3 is 0 Å². The van der Waals surface area contributed by atoms with Gasteiger partial charge in [0.15, 0.2) is 5.43 Å². The van der Waals surface area contributed by atoms with Gasteiger partial charge in [-0.25, -0.2) is 0 Å². The molecular weight excluding hydrogens is 244 g/mol. The first-order valence-corrected chi connectivity index (χ1v) is 6.12. The van der Waals surface area contributed by atoms with E-state index in [9.17, 15) is 9.59 Å². The standard InChI is InChI=1S/C14H16N2O3/c1-3-16(9-11-5-4-6-19-11)14(18)12-8-15-10(2)7-13(12)17/h4-8H,3,9H2,1-2H3,(H,15,17). The molecule has 1 amide bonds. The van der Waals surface area contributed by atoms with E-state index in [0.29, 0.717) is 18.8 Å². The lowest BCUT2D eigenvalue weighted by Gasteiger charge is -2.19. The molecule has 2 heterocycles. The van der Waals surface area contributed by atoms with Crippen LogP contribution in [-0.4, -0.2) is 22.3 Å². The van der Waals surface area contributed by atoms with Crippen LogP contribution in [0.25, 0.3) is 0 Å². The van der Waals surface area contributed by atoms with Gasteiger partial charge in [-0.3, -0.25) is 9.59 Å². The second-order valence-corrected chi connectivity index (χ2v) is 4.29. The molecule has 19 heavy (non-hydrogen) atoms. The van der Waals surface area contributed by atoms with Crippen LogP contribution in [0.5, 0.6) is 0 Å². The molecule has 100 valence electrons. The first-order valence-electron chi connectivity index (χ1n) is 6.12. The monoisotopic (exact) mass is 260 g/mol. The van der Waals surface area contributed by atoms with Crippen molar-refractivity contribution >= 4 is 5.91 Å². The number of aromatic nitrogens is 1. The first kappa shape index (κ1) is 13.1. The molecule has 0 bridgehead atoms. The number of nitrogens with zero attached hydrogens (tertiary/aromatic N) is 1. The topological polar surface area (TPSA) is 66.3 Å². The van der Waals surface area contributed by atoms with Crippen LogP contribution in [0.15, 0.2) is 39.9 Å². The third-order valence-corrected chi connectivity index (χ3v) is 2.88. The summed E-state index contributed by atoms with van der Waals surface area (Å²) in [6.07, 6.45) is 3.02. The van der Waals surface area contributed by atoms with Crippen LogP contribution >= 0.6 is 0 Å². The van der Waals surface area contributed by atoms with E-state index in [1.165, 1.54) is 12.3 Å². The number of aryl methyl sites for hydroxylation is 1. The summed E-state index contributed by atoms with van der Waals surface area (Å²) in [4.78, 5) is 28.6. The first-order chi connectivity index (χ1) is 9.11. The Kier molecular flexibility index (Phi) is 3.85. The van der Waals surface area contributed by atoms with Gasteiger partial charge in [-0.1, -0.05) is 0 Å². The summed E-state index contributed by atoms with van der Waals surface area (Å²) in [5.74, 6) is 0.402. The number of carbonyl (C=O) groups excluding carboxylic acids is 1. The third kappa shape index (κ3) is 2.93. The molecule has 0 aromatic carbocycles. The van der Waals surface area contributed by atoms with Gasteiger partial charge in [0, 0.05) is 24.5 Å². The molecule has 0 spiro atoms. The molecule has 0 unspecified atom stereocenters. The lowest BCUT2D eigenvalue weighted by molar-refractivity contribution is 0.0739. The Hall–Kier alpha value is -2.30. The lowest BCUT2D eigenvalue weighted by atomic mass is 10.2. The molecule has 1 N–H and O–H groups in total. The molecule has 0 atom stereocenters. The fraction of sp³-hybridized carbons (Fsp3) is 0.286. The number of nitrogens with one attached hydrogen (secondary N) is 1.